The van der Waals surface area contributed by atoms with E-state index in [1.807, 2.05) is 6.08 Å². The Morgan fingerprint density at radius 3 is 2.47 bits per heavy atom. The van der Waals surface area contributed by atoms with Crippen molar-refractivity contribution in [3.8, 4) is 0 Å². The van der Waals surface area contributed by atoms with Crippen LogP contribution < -0.4 is 11.5 Å². The maximum Gasteiger partial charge on any atom is 0.225 e. The minimum Gasteiger partial charge on any atom is -0.368 e. The van der Waals surface area contributed by atoms with E-state index in [1.54, 1.807) is 11.8 Å². The Hall–Kier alpha value is -1.30. The number of hydrogen-bond acceptors (Lipinski definition) is 6. The maximum atomic E-state index is 5.45. The fourth-order valence-electron chi connectivity index (χ4n) is 1.01. The second kappa shape index (κ2) is 6.23. The van der Waals surface area contributed by atoms with Crippen LogP contribution in [-0.4, -0.2) is 20.7 Å². The van der Waals surface area contributed by atoms with Gasteiger partial charge in [-0.25, -0.2) is 0 Å². The van der Waals surface area contributed by atoms with Gasteiger partial charge in [0, 0.05) is 0 Å². The van der Waals surface area contributed by atoms with Crippen molar-refractivity contribution in [1.82, 2.24) is 15.0 Å². The molecule has 0 spiro atoms. The van der Waals surface area contributed by atoms with E-state index in [2.05, 4.69) is 21.5 Å². The van der Waals surface area contributed by atoms with Crippen LogP contribution in [0.5, 0.6) is 0 Å². The molecule has 0 aliphatic rings. The monoisotopic (exact) mass is 225 g/mol. The first-order valence-electron chi connectivity index (χ1n) is 4.67. The Labute approximate surface area is 93.4 Å². The summed E-state index contributed by atoms with van der Waals surface area (Å²) < 4.78 is 0. The lowest BCUT2D eigenvalue weighted by Crippen LogP contribution is -2.06. The van der Waals surface area contributed by atoms with Crippen molar-refractivity contribution in [2.75, 3.05) is 17.2 Å². The molecule has 0 atom stereocenters. The van der Waals surface area contributed by atoms with Crippen molar-refractivity contribution in [2.24, 2.45) is 0 Å². The van der Waals surface area contributed by atoms with E-state index in [4.69, 9.17) is 11.5 Å². The Morgan fingerprint density at radius 1 is 1.20 bits per heavy atom. The van der Waals surface area contributed by atoms with Gasteiger partial charge < -0.3 is 11.5 Å². The predicted octanol–water partition coefficient (Wildman–Crippen LogP) is 1.24. The van der Waals surface area contributed by atoms with Gasteiger partial charge in [0.25, 0.3) is 0 Å². The molecule has 1 aromatic rings. The van der Waals surface area contributed by atoms with E-state index in [0.717, 1.165) is 18.6 Å². The van der Waals surface area contributed by atoms with Gasteiger partial charge in [-0.2, -0.15) is 26.7 Å². The molecule has 5 nitrogen and oxygen atoms in total. The van der Waals surface area contributed by atoms with Gasteiger partial charge in [0.2, 0.25) is 11.9 Å². The van der Waals surface area contributed by atoms with Gasteiger partial charge >= 0.3 is 0 Å². The Kier molecular flexibility index (Phi) is 4.89. The van der Waals surface area contributed by atoms with Crippen LogP contribution in [0.3, 0.4) is 0 Å². The van der Waals surface area contributed by atoms with Crippen LogP contribution >= 0.6 is 11.8 Å². The van der Waals surface area contributed by atoms with E-state index in [0.29, 0.717) is 11.6 Å². The molecule has 0 saturated heterocycles. The number of aromatic nitrogens is 3. The predicted molar refractivity (Wildman–Crippen MR) is 64.2 cm³/mol. The van der Waals surface area contributed by atoms with Crippen LogP contribution in [0.15, 0.2) is 12.7 Å². The summed E-state index contributed by atoms with van der Waals surface area (Å²) in [5.41, 5.74) is 10.9. The van der Waals surface area contributed by atoms with Crippen molar-refractivity contribution >= 4 is 23.7 Å². The highest BCUT2D eigenvalue weighted by Crippen LogP contribution is 2.11. The summed E-state index contributed by atoms with van der Waals surface area (Å²) in [5, 5.41) is 0. The number of rotatable bonds is 6. The third kappa shape index (κ3) is 4.64. The summed E-state index contributed by atoms with van der Waals surface area (Å²) in [4.78, 5) is 11.7. The second-order valence-electron chi connectivity index (χ2n) is 2.95. The molecular weight excluding hydrogens is 210 g/mol. The van der Waals surface area contributed by atoms with Gasteiger partial charge in [0.1, 0.15) is 5.82 Å². The quantitative estimate of drug-likeness (QED) is 0.559. The van der Waals surface area contributed by atoms with E-state index in [-0.39, 0.29) is 11.9 Å². The van der Waals surface area contributed by atoms with Crippen molar-refractivity contribution in [3.05, 3.63) is 18.5 Å². The molecule has 1 rings (SSSR count). The van der Waals surface area contributed by atoms with Crippen LogP contribution in [0, 0.1) is 0 Å². The number of anilines is 2. The zero-order valence-corrected chi connectivity index (χ0v) is 9.33. The molecule has 0 fully saturated rings. The zero-order chi connectivity index (χ0) is 11.1. The lowest BCUT2D eigenvalue weighted by Gasteiger charge is -2.01. The number of nitrogens with zero attached hydrogens (tertiary/aromatic N) is 3. The van der Waals surface area contributed by atoms with Gasteiger partial charge in [0.05, 0.1) is 5.75 Å². The minimum absolute atomic E-state index is 0.184. The molecule has 0 amide bonds. The van der Waals surface area contributed by atoms with Gasteiger partial charge in [-0.05, 0) is 18.6 Å². The van der Waals surface area contributed by atoms with Gasteiger partial charge in [-0.3, -0.25) is 0 Å². The summed E-state index contributed by atoms with van der Waals surface area (Å²) >= 11 is 1.75. The number of hydrogen-bond donors (Lipinski definition) is 2. The number of thioether (sulfide) groups is 1. The van der Waals surface area contributed by atoms with Crippen molar-refractivity contribution in [3.63, 3.8) is 0 Å². The Morgan fingerprint density at radius 2 is 1.87 bits per heavy atom. The summed E-state index contributed by atoms with van der Waals surface area (Å²) in [6.45, 7) is 3.66. The summed E-state index contributed by atoms with van der Waals surface area (Å²) in [5.74, 6) is 2.78. The first-order valence-corrected chi connectivity index (χ1v) is 5.82. The fraction of sp³-hybridized carbons (Fsp3) is 0.444. The highest BCUT2D eigenvalue weighted by Gasteiger charge is 2.01. The number of nitrogen functional groups attached to an aromatic ring is 2. The lowest BCUT2D eigenvalue weighted by atomic mass is 10.3. The fourth-order valence-corrected chi connectivity index (χ4v) is 1.84. The normalized spacial score (nSPS) is 10.1. The topological polar surface area (TPSA) is 90.7 Å². The number of unbranched alkanes of at least 4 members (excludes halogenated alkanes) is 1. The van der Waals surface area contributed by atoms with E-state index >= 15 is 0 Å². The van der Waals surface area contributed by atoms with E-state index in [1.165, 1.54) is 0 Å². The molecule has 0 saturated carbocycles. The molecule has 0 radical (unpaired) electrons. The molecule has 0 bridgehead atoms. The molecule has 0 aliphatic carbocycles. The molecule has 0 unspecified atom stereocenters. The third-order valence-electron chi connectivity index (χ3n) is 1.64. The summed E-state index contributed by atoms with van der Waals surface area (Å²) in [6, 6.07) is 0. The second-order valence-corrected chi connectivity index (χ2v) is 4.06. The average molecular weight is 225 g/mol. The van der Waals surface area contributed by atoms with Crippen LogP contribution in [0.25, 0.3) is 0 Å². The number of nitrogens with two attached hydrogens (primary N) is 2. The summed E-state index contributed by atoms with van der Waals surface area (Å²) in [6.07, 6.45) is 4.07. The van der Waals surface area contributed by atoms with E-state index in [9.17, 15) is 0 Å². The molecule has 1 heterocycles. The van der Waals surface area contributed by atoms with Crippen molar-refractivity contribution in [1.29, 1.82) is 0 Å². The first kappa shape index (κ1) is 11.8. The lowest BCUT2D eigenvalue weighted by molar-refractivity contribution is 0.962. The first-order chi connectivity index (χ1) is 7.22. The van der Waals surface area contributed by atoms with Crippen molar-refractivity contribution < 1.29 is 0 Å². The third-order valence-corrected chi connectivity index (χ3v) is 2.68. The zero-order valence-electron chi connectivity index (χ0n) is 8.52. The minimum atomic E-state index is 0.184. The van der Waals surface area contributed by atoms with Gasteiger partial charge in [0.15, 0.2) is 0 Å². The van der Waals surface area contributed by atoms with Crippen LogP contribution in [0.1, 0.15) is 18.7 Å². The van der Waals surface area contributed by atoms with Crippen LogP contribution in [0.4, 0.5) is 11.9 Å². The SMILES string of the molecule is C=CCCCSCc1nc(N)nc(N)n1. The summed E-state index contributed by atoms with van der Waals surface area (Å²) in [7, 11) is 0. The van der Waals surface area contributed by atoms with E-state index < -0.39 is 0 Å². The molecule has 15 heavy (non-hydrogen) atoms. The average Bonchev–Trinajstić information content (AvgIpc) is 2.16. The maximum absolute atomic E-state index is 5.45. The smallest absolute Gasteiger partial charge is 0.225 e. The standard InChI is InChI=1S/C9H15N5S/c1-2-3-4-5-15-6-7-12-8(10)14-9(11)13-7/h2H,1,3-6H2,(H4,10,11,12,13,14). The van der Waals surface area contributed by atoms with Crippen molar-refractivity contribution in [2.45, 2.75) is 18.6 Å². The molecular formula is C9H15N5S. The Bertz CT molecular complexity index is 308. The highest BCUT2D eigenvalue weighted by molar-refractivity contribution is 7.98. The van der Waals surface area contributed by atoms with Gasteiger partial charge in [-0.15, -0.1) is 6.58 Å². The van der Waals surface area contributed by atoms with Crippen LogP contribution in [-0.2, 0) is 5.75 Å². The molecule has 6 heteroatoms. The molecule has 0 aliphatic heterocycles. The van der Waals surface area contributed by atoms with Crippen LogP contribution in [0.2, 0.25) is 0 Å². The van der Waals surface area contributed by atoms with Gasteiger partial charge in [-0.1, -0.05) is 6.08 Å². The largest absolute Gasteiger partial charge is 0.368 e. The molecule has 4 N–H and O–H groups in total. The highest BCUT2D eigenvalue weighted by atomic mass is 32.2. The molecule has 82 valence electrons. The molecule has 1 aromatic heterocycles. The molecule has 0 aromatic carbocycles. The Balaban J connectivity index is 2.33. The number of allylic oxidation sites excluding steroid dienone is 1.